The molecule has 0 unspecified atom stereocenters. The number of hydrogen-bond donors (Lipinski definition) is 3. The molecule has 0 saturated carbocycles. The van der Waals surface area contributed by atoms with E-state index in [0.717, 1.165) is 47.1 Å². The van der Waals surface area contributed by atoms with Crippen LogP contribution >= 0.6 is 0 Å². The van der Waals surface area contributed by atoms with Crippen LogP contribution in [0.5, 0.6) is 17.2 Å². The molecule has 2 aromatic carbocycles. The highest BCUT2D eigenvalue weighted by atomic mass is 16.5. The summed E-state index contributed by atoms with van der Waals surface area (Å²) >= 11 is 0. The number of carbonyl (C=O) groups is 1. The van der Waals surface area contributed by atoms with Crippen molar-refractivity contribution in [1.82, 2.24) is 15.3 Å². The lowest BCUT2D eigenvalue weighted by molar-refractivity contribution is 0.0927. The Morgan fingerprint density at radius 1 is 1.06 bits per heavy atom. The van der Waals surface area contributed by atoms with Crippen LogP contribution in [0.15, 0.2) is 36.4 Å². The van der Waals surface area contributed by atoms with Gasteiger partial charge in [0.15, 0.2) is 0 Å². The number of fused-ring (bicyclic) bond motifs is 4. The fraction of sp³-hybridized carbons (Fsp3) is 0.320. The summed E-state index contributed by atoms with van der Waals surface area (Å²) in [5.74, 6) is 2.07. The summed E-state index contributed by atoms with van der Waals surface area (Å²) in [6.45, 7) is 2.62. The maximum atomic E-state index is 13.2. The largest absolute Gasteiger partial charge is 0.496 e. The number of benzene rings is 2. The van der Waals surface area contributed by atoms with Gasteiger partial charge < -0.3 is 29.5 Å². The van der Waals surface area contributed by atoms with Gasteiger partial charge in [-0.05, 0) is 68.1 Å². The molecule has 0 spiro atoms. The first kappa shape index (κ1) is 20.3. The van der Waals surface area contributed by atoms with E-state index in [2.05, 4.69) is 21.4 Å². The summed E-state index contributed by atoms with van der Waals surface area (Å²) in [5, 5.41) is 5.20. The second kappa shape index (κ2) is 8.15. The lowest BCUT2D eigenvalue weighted by Crippen LogP contribution is -2.31. The molecule has 32 heavy (non-hydrogen) atoms. The number of amides is 1. The Hall–Kier alpha value is -3.61. The summed E-state index contributed by atoms with van der Waals surface area (Å²) < 4.78 is 16.6. The van der Waals surface area contributed by atoms with Crippen LogP contribution in [0.25, 0.3) is 21.8 Å². The maximum absolute atomic E-state index is 13.2. The molecule has 0 bridgehead atoms. The molecule has 5 rings (SSSR count). The van der Waals surface area contributed by atoms with Crippen molar-refractivity contribution < 1.29 is 19.0 Å². The number of aryl methyl sites for hydroxylation is 1. The fourth-order valence-electron chi connectivity index (χ4n) is 4.72. The van der Waals surface area contributed by atoms with E-state index in [-0.39, 0.29) is 11.9 Å². The maximum Gasteiger partial charge on any atom is 0.268 e. The van der Waals surface area contributed by atoms with Crippen LogP contribution < -0.4 is 19.5 Å². The predicted octanol–water partition coefficient (Wildman–Crippen LogP) is 4.87. The molecule has 4 aromatic rings. The molecule has 1 aliphatic carbocycles. The zero-order valence-corrected chi connectivity index (χ0v) is 18.5. The van der Waals surface area contributed by atoms with E-state index in [1.807, 2.05) is 37.3 Å². The van der Waals surface area contributed by atoms with Gasteiger partial charge in [-0.1, -0.05) is 0 Å². The van der Waals surface area contributed by atoms with Crippen LogP contribution in [0.1, 0.15) is 47.6 Å². The number of nitrogens with one attached hydrogen (secondary N) is 3. The smallest absolute Gasteiger partial charge is 0.268 e. The molecule has 1 atom stereocenters. The second-order valence-electron chi connectivity index (χ2n) is 8.02. The third-order valence-corrected chi connectivity index (χ3v) is 6.20. The van der Waals surface area contributed by atoms with Crippen molar-refractivity contribution in [2.45, 2.75) is 32.2 Å². The van der Waals surface area contributed by atoms with E-state index < -0.39 is 0 Å². The topological polar surface area (TPSA) is 88.4 Å². The van der Waals surface area contributed by atoms with Crippen LogP contribution in [-0.2, 0) is 6.42 Å². The third kappa shape index (κ3) is 3.34. The minimum atomic E-state index is -0.156. The van der Waals surface area contributed by atoms with E-state index >= 15 is 0 Å². The quantitative estimate of drug-likeness (QED) is 0.405. The van der Waals surface area contributed by atoms with Gasteiger partial charge in [-0.3, -0.25) is 4.79 Å². The Balaban J connectivity index is 1.46. The summed E-state index contributed by atoms with van der Waals surface area (Å²) in [5.41, 5.74) is 4.64. The fourth-order valence-corrected chi connectivity index (χ4v) is 4.72. The highest BCUT2D eigenvalue weighted by Gasteiger charge is 2.27. The monoisotopic (exact) mass is 433 g/mol. The lowest BCUT2D eigenvalue weighted by atomic mass is 9.91. The Morgan fingerprint density at radius 3 is 2.66 bits per heavy atom. The number of aromatic nitrogens is 2. The minimum absolute atomic E-state index is 0.0793. The molecule has 7 heteroatoms. The number of H-pyrrole nitrogens is 2. The average Bonchev–Trinajstić information content (AvgIpc) is 3.41. The first-order valence-electron chi connectivity index (χ1n) is 10.9. The SMILES string of the molecule is CCOc1ccc2[nH]c3c(c2c1)CCC[C@@H]3NC(=O)c1cc2c(OC)ccc(OC)c2[nH]1. The Bertz CT molecular complexity index is 1260. The van der Waals surface area contributed by atoms with Crippen molar-refractivity contribution in [2.24, 2.45) is 0 Å². The van der Waals surface area contributed by atoms with E-state index in [9.17, 15) is 4.79 Å². The highest BCUT2D eigenvalue weighted by molar-refractivity contribution is 6.01. The van der Waals surface area contributed by atoms with Crippen LogP contribution in [-0.4, -0.2) is 36.7 Å². The van der Waals surface area contributed by atoms with E-state index in [1.165, 1.54) is 10.9 Å². The number of hydrogen-bond acceptors (Lipinski definition) is 4. The molecule has 0 radical (unpaired) electrons. The van der Waals surface area contributed by atoms with Crippen LogP contribution in [0.3, 0.4) is 0 Å². The van der Waals surface area contributed by atoms with Gasteiger partial charge in [0, 0.05) is 22.0 Å². The zero-order chi connectivity index (χ0) is 22.2. The van der Waals surface area contributed by atoms with Crippen molar-refractivity contribution in [3.63, 3.8) is 0 Å². The molecular weight excluding hydrogens is 406 g/mol. The number of methoxy groups -OCH3 is 2. The minimum Gasteiger partial charge on any atom is -0.496 e. The summed E-state index contributed by atoms with van der Waals surface area (Å²) in [4.78, 5) is 19.9. The van der Waals surface area contributed by atoms with Crippen molar-refractivity contribution >= 4 is 27.7 Å². The predicted molar refractivity (Wildman–Crippen MR) is 124 cm³/mol. The van der Waals surface area contributed by atoms with Crippen LogP contribution in [0.2, 0.25) is 0 Å². The normalized spacial score (nSPS) is 15.5. The third-order valence-electron chi connectivity index (χ3n) is 6.20. The van der Waals surface area contributed by atoms with E-state index in [1.54, 1.807) is 14.2 Å². The van der Waals surface area contributed by atoms with Gasteiger partial charge >= 0.3 is 0 Å². The summed E-state index contributed by atoms with van der Waals surface area (Å²) in [7, 11) is 3.22. The molecule has 7 nitrogen and oxygen atoms in total. The molecule has 0 fully saturated rings. The zero-order valence-electron chi connectivity index (χ0n) is 18.5. The van der Waals surface area contributed by atoms with Crippen molar-refractivity contribution in [2.75, 3.05) is 20.8 Å². The molecule has 0 saturated heterocycles. The van der Waals surface area contributed by atoms with Gasteiger partial charge in [0.25, 0.3) is 5.91 Å². The number of ether oxygens (including phenoxy) is 3. The molecule has 166 valence electrons. The molecule has 1 amide bonds. The second-order valence-corrected chi connectivity index (χ2v) is 8.02. The number of carbonyl (C=O) groups excluding carboxylic acids is 1. The van der Waals surface area contributed by atoms with Crippen molar-refractivity contribution in [3.8, 4) is 17.2 Å². The summed E-state index contributed by atoms with van der Waals surface area (Å²) in [6.07, 6.45) is 2.88. The van der Waals surface area contributed by atoms with Gasteiger partial charge in [0.05, 0.1) is 32.4 Å². The van der Waals surface area contributed by atoms with Gasteiger partial charge in [-0.2, -0.15) is 0 Å². The Morgan fingerprint density at radius 2 is 1.88 bits per heavy atom. The van der Waals surface area contributed by atoms with Gasteiger partial charge in [0.2, 0.25) is 0 Å². The van der Waals surface area contributed by atoms with Gasteiger partial charge in [-0.25, -0.2) is 0 Å². The first-order chi connectivity index (χ1) is 15.6. The molecule has 1 aliphatic rings. The standard InChI is InChI=1S/C25H27N3O4/c1-4-32-14-8-9-18-16(12-14)15-6-5-7-19(23(15)26-18)28-25(29)20-13-17-21(30-2)10-11-22(31-3)24(17)27-20/h8-13,19,26-27H,4-7H2,1-3H3,(H,28,29)/t19-/m0/s1. The average molecular weight is 434 g/mol. The van der Waals surface area contributed by atoms with Gasteiger partial charge in [-0.15, -0.1) is 0 Å². The molecule has 2 aromatic heterocycles. The Labute approximate surface area is 186 Å². The van der Waals surface area contributed by atoms with E-state index in [4.69, 9.17) is 14.2 Å². The molecular formula is C25H27N3O4. The molecule has 2 heterocycles. The van der Waals surface area contributed by atoms with Crippen LogP contribution in [0, 0.1) is 0 Å². The van der Waals surface area contributed by atoms with E-state index in [0.29, 0.717) is 23.8 Å². The molecule has 3 N–H and O–H groups in total. The number of aromatic amines is 2. The molecule has 0 aliphatic heterocycles. The van der Waals surface area contributed by atoms with Crippen molar-refractivity contribution in [3.05, 3.63) is 53.3 Å². The lowest BCUT2D eigenvalue weighted by Gasteiger charge is -2.23. The first-order valence-corrected chi connectivity index (χ1v) is 10.9. The van der Waals surface area contributed by atoms with Gasteiger partial charge in [0.1, 0.15) is 22.9 Å². The van der Waals surface area contributed by atoms with Crippen LogP contribution in [0.4, 0.5) is 0 Å². The van der Waals surface area contributed by atoms with Crippen molar-refractivity contribution in [1.29, 1.82) is 0 Å². The Kier molecular flexibility index (Phi) is 5.17. The highest BCUT2D eigenvalue weighted by Crippen LogP contribution is 2.37. The number of rotatable bonds is 6. The summed E-state index contributed by atoms with van der Waals surface area (Å²) in [6, 6.07) is 11.5.